The second-order valence-corrected chi connectivity index (χ2v) is 6.85. The molecule has 18 heavy (non-hydrogen) atoms. The minimum absolute atomic E-state index is 0.114. The third kappa shape index (κ3) is 2.35. The molecule has 2 aromatic heterocycles. The molecule has 0 saturated carbocycles. The Kier molecular flexibility index (Phi) is 3.32. The maximum atomic E-state index is 12.1. The molecule has 10 heteroatoms. The van der Waals surface area contributed by atoms with Crippen LogP contribution in [-0.2, 0) is 23.6 Å². The quantitative estimate of drug-likeness (QED) is 0.826. The van der Waals surface area contributed by atoms with E-state index in [1.807, 2.05) is 0 Å². The normalized spacial score (nSPS) is 12.2. The van der Waals surface area contributed by atoms with Crippen LogP contribution < -0.4 is 5.73 Å². The number of aryl methyl sites for hydroxylation is 1. The molecule has 0 atom stereocenters. The zero-order chi connectivity index (χ0) is 13.3. The third-order valence-electron chi connectivity index (χ3n) is 2.34. The molecular formula is C8H12N6O2S2. The first-order valence-corrected chi connectivity index (χ1v) is 7.18. The topological polar surface area (TPSA) is 107 Å². The van der Waals surface area contributed by atoms with Gasteiger partial charge in [0.25, 0.3) is 10.0 Å². The number of hydrogen-bond acceptors (Lipinski definition) is 7. The van der Waals surface area contributed by atoms with Crippen molar-refractivity contribution in [1.82, 2.24) is 24.1 Å². The molecule has 2 N–H and O–H groups in total. The highest BCUT2D eigenvalue weighted by Crippen LogP contribution is 2.21. The summed E-state index contributed by atoms with van der Waals surface area (Å²) in [7, 11) is -0.409. The Morgan fingerprint density at radius 1 is 1.50 bits per heavy atom. The number of hydrogen-bond donors (Lipinski definition) is 1. The Hall–Kier alpha value is -1.52. The van der Waals surface area contributed by atoms with Gasteiger partial charge in [-0.1, -0.05) is 11.3 Å². The number of nitrogens with two attached hydrogens (primary N) is 1. The largest absolute Gasteiger partial charge is 0.374 e. The van der Waals surface area contributed by atoms with Gasteiger partial charge in [-0.15, -0.1) is 10.2 Å². The van der Waals surface area contributed by atoms with Crippen molar-refractivity contribution in [3.05, 3.63) is 18.2 Å². The molecule has 2 heterocycles. The molecule has 2 aromatic rings. The molecule has 0 bridgehead atoms. The van der Waals surface area contributed by atoms with Crippen molar-refractivity contribution in [3.8, 4) is 0 Å². The van der Waals surface area contributed by atoms with Crippen molar-refractivity contribution >= 4 is 26.5 Å². The molecule has 8 nitrogen and oxygen atoms in total. The lowest BCUT2D eigenvalue weighted by Gasteiger charge is -2.14. The second kappa shape index (κ2) is 4.63. The molecule has 0 amide bonds. The molecule has 0 radical (unpaired) electrons. The van der Waals surface area contributed by atoms with Crippen LogP contribution in [0, 0.1) is 0 Å². The summed E-state index contributed by atoms with van der Waals surface area (Å²) >= 11 is 0.839. The van der Waals surface area contributed by atoms with E-state index in [-0.39, 0.29) is 16.0 Å². The summed E-state index contributed by atoms with van der Waals surface area (Å²) in [5, 5.41) is 7.17. The first-order chi connectivity index (χ1) is 8.41. The summed E-state index contributed by atoms with van der Waals surface area (Å²) in [4.78, 5) is 4.07. The molecule has 0 aromatic carbocycles. The summed E-state index contributed by atoms with van der Waals surface area (Å²) in [6.07, 6.45) is 3.36. The number of aromatic nitrogens is 4. The molecule has 0 saturated heterocycles. The predicted molar refractivity (Wildman–Crippen MR) is 66.2 cm³/mol. The van der Waals surface area contributed by atoms with Gasteiger partial charge in [0.2, 0.25) is 9.47 Å². The third-order valence-corrected chi connectivity index (χ3v) is 5.24. The van der Waals surface area contributed by atoms with Gasteiger partial charge in [0.15, 0.2) is 0 Å². The minimum atomic E-state index is -3.67. The van der Waals surface area contributed by atoms with Crippen LogP contribution in [0.3, 0.4) is 0 Å². The number of rotatable bonds is 4. The summed E-state index contributed by atoms with van der Waals surface area (Å²) < 4.78 is 27.0. The monoisotopic (exact) mass is 288 g/mol. The van der Waals surface area contributed by atoms with Gasteiger partial charge in [0.05, 0.1) is 6.54 Å². The minimum Gasteiger partial charge on any atom is -0.374 e. The lowest BCUT2D eigenvalue weighted by atomic mass is 10.6. The van der Waals surface area contributed by atoms with Gasteiger partial charge in [0.1, 0.15) is 5.82 Å². The second-order valence-electron chi connectivity index (χ2n) is 3.62. The van der Waals surface area contributed by atoms with Gasteiger partial charge in [-0.25, -0.2) is 13.4 Å². The van der Waals surface area contributed by atoms with Crippen LogP contribution in [0.15, 0.2) is 16.7 Å². The molecule has 0 unspecified atom stereocenters. The van der Waals surface area contributed by atoms with E-state index in [1.54, 1.807) is 24.0 Å². The van der Waals surface area contributed by atoms with Crippen molar-refractivity contribution in [3.63, 3.8) is 0 Å². The van der Waals surface area contributed by atoms with Crippen LogP contribution in [0.5, 0.6) is 0 Å². The lowest BCUT2D eigenvalue weighted by Crippen LogP contribution is -2.27. The Morgan fingerprint density at radius 3 is 2.72 bits per heavy atom. The maximum Gasteiger partial charge on any atom is 0.272 e. The number of nitrogen functional groups attached to an aromatic ring is 1. The maximum absolute atomic E-state index is 12.1. The number of imidazole rings is 1. The van der Waals surface area contributed by atoms with Crippen molar-refractivity contribution in [2.45, 2.75) is 10.9 Å². The van der Waals surface area contributed by atoms with Crippen LogP contribution in [0.4, 0.5) is 5.13 Å². The average molecular weight is 288 g/mol. The van der Waals surface area contributed by atoms with Crippen molar-refractivity contribution in [2.75, 3.05) is 12.8 Å². The first kappa shape index (κ1) is 12.9. The Labute approximate surface area is 108 Å². The van der Waals surface area contributed by atoms with Crippen LogP contribution in [-0.4, -0.2) is 39.5 Å². The summed E-state index contributed by atoms with van der Waals surface area (Å²) in [6, 6.07) is 0. The van der Waals surface area contributed by atoms with E-state index in [0.29, 0.717) is 5.82 Å². The van der Waals surface area contributed by atoms with Gasteiger partial charge in [-0.05, 0) is 0 Å². The van der Waals surface area contributed by atoms with E-state index < -0.39 is 10.0 Å². The highest BCUT2D eigenvalue weighted by molar-refractivity contribution is 7.91. The van der Waals surface area contributed by atoms with E-state index in [0.717, 1.165) is 15.6 Å². The van der Waals surface area contributed by atoms with Crippen molar-refractivity contribution < 1.29 is 8.42 Å². The predicted octanol–water partition coefficient (Wildman–Crippen LogP) is -0.325. The first-order valence-electron chi connectivity index (χ1n) is 4.93. The van der Waals surface area contributed by atoms with Crippen LogP contribution in [0.2, 0.25) is 0 Å². The molecule has 2 rings (SSSR count). The summed E-state index contributed by atoms with van der Waals surface area (Å²) in [6.45, 7) is 0.158. The van der Waals surface area contributed by atoms with Gasteiger partial charge in [-0.3, -0.25) is 0 Å². The Morgan fingerprint density at radius 2 is 2.22 bits per heavy atom. The SMILES string of the molecule is CN(Cc1nccn1C)S(=O)(=O)c1nnc(N)s1. The Bertz CT molecular complexity index is 646. The van der Waals surface area contributed by atoms with Gasteiger partial charge in [0, 0.05) is 26.5 Å². The molecule has 0 aliphatic heterocycles. The molecule has 0 aliphatic rings. The number of sulfonamides is 1. The van der Waals surface area contributed by atoms with Crippen molar-refractivity contribution in [2.24, 2.45) is 7.05 Å². The van der Waals surface area contributed by atoms with Gasteiger partial charge < -0.3 is 10.3 Å². The lowest BCUT2D eigenvalue weighted by molar-refractivity contribution is 0.450. The fourth-order valence-corrected chi connectivity index (χ4v) is 3.39. The van der Waals surface area contributed by atoms with Crippen LogP contribution in [0.25, 0.3) is 0 Å². The average Bonchev–Trinajstić information content (AvgIpc) is 2.89. The summed E-state index contributed by atoms with van der Waals surface area (Å²) in [5.41, 5.74) is 5.38. The van der Waals surface area contributed by atoms with Crippen molar-refractivity contribution in [1.29, 1.82) is 0 Å². The van der Waals surface area contributed by atoms with E-state index in [4.69, 9.17) is 5.73 Å². The highest BCUT2D eigenvalue weighted by Gasteiger charge is 2.26. The number of nitrogens with zero attached hydrogens (tertiary/aromatic N) is 5. The van der Waals surface area contributed by atoms with Crippen LogP contribution in [0.1, 0.15) is 5.82 Å². The highest BCUT2D eigenvalue weighted by atomic mass is 32.2. The zero-order valence-electron chi connectivity index (χ0n) is 9.81. The molecule has 0 spiro atoms. The molecule has 98 valence electrons. The number of anilines is 1. The van der Waals surface area contributed by atoms with Gasteiger partial charge >= 0.3 is 0 Å². The van der Waals surface area contributed by atoms with E-state index in [2.05, 4.69) is 15.2 Å². The fraction of sp³-hybridized carbons (Fsp3) is 0.375. The summed E-state index contributed by atoms with van der Waals surface area (Å²) in [5.74, 6) is 0.638. The molecule has 0 fully saturated rings. The van der Waals surface area contributed by atoms with Gasteiger partial charge in [-0.2, -0.15) is 4.31 Å². The zero-order valence-corrected chi connectivity index (χ0v) is 11.4. The molecular weight excluding hydrogens is 276 g/mol. The molecule has 0 aliphatic carbocycles. The Balaban J connectivity index is 2.23. The smallest absolute Gasteiger partial charge is 0.272 e. The van der Waals surface area contributed by atoms with E-state index in [1.165, 1.54) is 7.05 Å². The standard InChI is InChI=1S/C8H12N6O2S2/c1-13-4-3-10-6(13)5-14(2)18(15,16)8-12-11-7(9)17-8/h3-4H,5H2,1-2H3,(H2,9,11). The van der Waals surface area contributed by atoms with Crippen LogP contribution >= 0.6 is 11.3 Å². The fourth-order valence-electron chi connectivity index (χ4n) is 1.29. The van der Waals surface area contributed by atoms with E-state index >= 15 is 0 Å². The van der Waals surface area contributed by atoms with E-state index in [9.17, 15) is 8.42 Å².